The maximum atomic E-state index is 5.82. The van der Waals surface area contributed by atoms with E-state index in [0.717, 1.165) is 39.1 Å². The van der Waals surface area contributed by atoms with Crippen LogP contribution in [0.15, 0.2) is 0 Å². The van der Waals surface area contributed by atoms with Gasteiger partial charge in [-0.1, -0.05) is 13.8 Å². The number of likely N-dealkylation sites (tertiary alicyclic amines) is 1. The van der Waals surface area contributed by atoms with Gasteiger partial charge in [0.25, 0.3) is 0 Å². The van der Waals surface area contributed by atoms with E-state index in [4.69, 9.17) is 10.5 Å². The second kappa shape index (κ2) is 6.46. The molecule has 0 saturated carbocycles. The van der Waals surface area contributed by atoms with E-state index in [0.29, 0.717) is 18.1 Å². The van der Waals surface area contributed by atoms with Gasteiger partial charge < -0.3 is 10.5 Å². The van der Waals surface area contributed by atoms with Gasteiger partial charge in [-0.15, -0.1) is 0 Å². The molecule has 1 aliphatic heterocycles. The third-order valence-corrected chi connectivity index (χ3v) is 3.36. The molecule has 0 aromatic rings. The summed E-state index contributed by atoms with van der Waals surface area (Å²) in [6.45, 7) is 10.5. The fourth-order valence-electron chi connectivity index (χ4n) is 2.45. The number of rotatable bonds is 5. The van der Waals surface area contributed by atoms with E-state index in [1.165, 1.54) is 0 Å². The van der Waals surface area contributed by atoms with Gasteiger partial charge in [0.1, 0.15) is 0 Å². The first-order valence-corrected chi connectivity index (χ1v) is 6.24. The minimum absolute atomic E-state index is 0.483. The Kier molecular flexibility index (Phi) is 5.58. The number of piperidine rings is 1. The van der Waals surface area contributed by atoms with Gasteiger partial charge in [-0.3, -0.25) is 4.90 Å². The molecule has 15 heavy (non-hydrogen) atoms. The van der Waals surface area contributed by atoms with Crippen LogP contribution in [0.1, 0.15) is 33.6 Å². The van der Waals surface area contributed by atoms with Gasteiger partial charge in [-0.05, 0) is 25.7 Å². The summed E-state index contributed by atoms with van der Waals surface area (Å²) in [7, 11) is 0. The van der Waals surface area contributed by atoms with Gasteiger partial charge in [0.05, 0.1) is 6.10 Å². The van der Waals surface area contributed by atoms with Crippen LogP contribution in [-0.2, 0) is 4.74 Å². The molecule has 3 nitrogen and oxygen atoms in total. The quantitative estimate of drug-likeness (QED) is 0.753. The molecular weight excluding hydrogens is 188 g/mol. The van der Waals surface area contributed by atoms with Crippen LogP contribution in [-0.4, -0.2) is 43.3 Å². The van der Waals surface area contributed by atoms with E-state index in [2.05, 4.69) is 25.7 Å². The summed E-state index contributed by atoms with van der Waals surface area (Å²) in [6, 6.07) is 0.549. The fraction of sp³-hybridized carbons (Fsp3) is 1.00. The van der Waals surface area contributed by atoms with Crippen LogP contribution < -0.4 is 5.73 Å². The predicted octanol–water partition coefficient (Wildman–Crippen LogP) is 1.47. The molecule has 1 rings (SSSR count). The van der Waals surface area contributed by atoms with E-state index in [1.807, 2.05) is 0 Å². The minimum atomic E-state index is 0.483. The molecule has 1 unspecified atom stereocenters. The average Bonchev–Trinajstić information content (AvgIpc) is 2.21. The monoisotopic (exact) mass is 214 g/mol. The average molecular weight is 214 g/mol. The molecule has 0 aromatic carbocycles. The zero-order valence-corrected chi connectivity index (χ0v) is 10.4. The van der Waals surface area contributed by atoms with E-state index in [9.17, 15) is 0 Å². The van der Waals surface area contributed by atoms with Crippen LogP contribution in [0.25, 0.3) is 0 Å². The molecule has 90 valence electrons. The summed E-state index contributed by atoms with van der Waals surface area (Å²) in [6.07, 6.45) is 2.81. The van der Waals surface area contributed by atoms with Gasteiger partial charge in [0.2, 0.25) is 0 Å². The first kappa shape index (κ1) is 12.9. The molecule has 1 saturated heterocycles. The normalized spacial score (nSPS) is 22.2. The van der Waals surface area contributed by atoms with E-state index in [-0.39, 0.29) is 0 Å². The number of nitrogens with two attached hydrogens (primary N) is 1. The second-order valence-corrected chi connectivity index (χ2v) is 4.74. The van der Waals surface area contributed by atoms with Crippen LogP contribution in [0.2, 0.25) is 0 Å². The SMILES string of the molecule is CCOC1CCN(C(CN)C(C)C)CC1. The topological polar surface area (TPSA) is 38.5 Å². The van der Waals surface area contributed by atoms with Crippen LogP contribution in [0.4, 0.5) is 0 Å². The summed E-state index contributed by atoms with van der Waals surface area (Å²) in [5.41, 5.74) is 5.82. The Hall–Kier alpha value is -0.120. The lowest BCUT2D eigenvalue weighted by Gasteiger charge is -2.38. The molecule has 0 radical (unpaired) electrons. The molecule has 1 heterocycles. The van der Waals surface area contributed by atoms with Crippen molar-refractivity contribution in [3.05, 3.63) is 0 Å². The molecule has 0 aromatic heterocycles. The van der Waals surface area contributed by atoms with Crippen LogP contribution in [0, 0.1) is 5.92 Å². The molecule has 1 aliphatic rings. The molecule has 0 bridgehead atoms. The molecule has 3 heteroatoms. The van der Waals surface area contributed by atoms with E-state index < -0.39 is 0 Å². The number of hydrogen-bond donors (Lipinski definition) is 1. The Balaban J connectivity index is 2.35. The molecule has 0 spiro atoms. The Morgan fingerprint density at radius 3 is 2.33 bits per heavy atom. The Labute approximate surface area is 94.0 Å². The minimum Gasteiger partial charge on any atom is -0.378 e. The summed E-state index contributed by atoms with van der Waals surface area (Å²) in [4.78, 5) is 2.53. The van der Waals surface area contributed by atoms with Gasteiger partial charge in [0, 0.05) is 32.3 Å². The highest BCUT2D eigenvalue weighted by Gasteiger charge is 2.25. The van der Waals surface area contributed by atoms with E-state index >= 15 is 0 Å². The standard InChI is InChI=1S/C12H26N2O/c1-4-15-11-5-7-14(8-6-11)12(9-13)10(2)3/h10-12H,4-9,13H2,1-3H3. The summed E-state index contributed by atoms with van der Waals surface area (Å²) in [5.74, 6) is 0.652. The largest absolute Gasteiger partial charge is 0.378 e. The first-order valence-electron chi connectivity index (χ1n) is 6.24. The third-order valence-electron chi connectivity index (χ3n) is 3.36. The zero-order chi connectivity index (χ0) is 11.3. The predicted molar refractivity (Wildman–Crippen MR) is 63.9 cm³/mol. The maximum absolute atomic E-state index is 5.82. The maximum Gasteiger partial charge on any atom is 0.0599 e. The van der Waals surface area contributed by atoms with Gasteiger partial charge in [-0.2, -0.15) is 0 Å². The van der Waals surface area contributed by atoms with Crippen LogP contribution in [0.3, 0.4) is 0 Å². The van der Waals surface area contributed by atoms with Crippen molar-refractivity contribution in [3.63, 3.8) is 0 Å². The summed E-state index contributed by atoms with van der Waals surface area (Å²) < 4.78 is 5.65. The van der Waals surface area contributed by atoms with Crippen molar-refractivity contribution >= 4 is 0 Å². The lowest BCUT2D eigenvalue weighted by atomic mass is 9.98. The molecule has 1 fully saturated rings. The van der Waals surface area contributed by atoms with Crippen molar-refractivity contribution in [2.45, 2.75) is 45.8 Å². The lowest BCUT2D eigenvalue weighted by molar-refractivity contribution is -0.000433. The molecule has 2 N–H and O–H groups in total. The molecular formula is C12H26N2O. The number of ether oxygens (including phenoxy) is 1. The van der Waals surface area contributed by atoms with Gasteiger partial charge in [0.15, 0.2) is 0 Å². The highest BCUT2D eigenvalue weighted by atomic mass is 16.5. The summed E-state index contributed by atoms with van der Waals surface area (Å²) in [5, 5.41) is 0. The van der Waals surface area contributed by atoms with Crippen LogP contribution in [0.5, 0.6) is 0 Å². The van der Waals surface area contributed by atoms with Crippen molar-refractivity contribution in [1.82, 2.24) is 4.90 Å². The van der Waals surface area contributed by atoms with Crippen LogP contribution >= 0.6 is 0 Å². The third kappa shape index (κ3) is 3.74. The smallest absolute Gasteiger partial charge is 0.0599 e. The van der Waals surface area contributed by atoms with Crippen molar-refractivity contribution < 1.29 is 4.74 Å². The van der Waals surface area contributed by atoms with Crippen molar-refractivity contribution in [2.24, 2.45) is 11.7 Å². The van der Waals surface area contributed by atoms with E-state index in [1.54, 1.807) is 0 Å². The molecule has 0 amide bonds. The Morgan fingerprint density at radius 2 is 1.93 bits per heavy atom. The molecule has 1 atom stereocenters. The van der Waals surface area contributed by atoms with Crippen molar-refractivity contribution in [3.8, 4) is 0 Å². The fourth-order valence-corrected chi connectivity index (χ4v) is 2.45. The second-order valence-electron chi connectivity index (χ2n) is 4.74. The highest BCUT2D eigenvalue weighted by molar-refractivity contribution is 4.81. The van der Waals surface area contributed by atoms with Crippen molar-refractivity contribution in [1.29, 1.82) is 0 Å². The van der Waals surface area contributed by atoms with Crippen molar-refractivity contribution in [2.75, 3.05) is 26.2 Å². The lowest BCUT2D eigenvalue weighted by Crippen LogP contribution is -2.49. The Bertz CT molecular complexity index is 165. The molecule has 0 aliphatic carbocycles. The summed E-state index contributed by atoms with van der Waals surface area (Å²) >= 11 is 0. The van der Waals surface area contributed by atoms with Gasteiger partial charge in [-0.25, -0.2) is 0 Å². The zero-order valence-electron chi connectivity index (χ0n) is 10.4. The van der Waals surface area contributed by atoms with Gasteiger partial charge >= 0.3 is 0 Å². The number of nitrogens with zero attached hydrogens (tertiary/aromatic N) is 1. The first-order chi connectivity index (χ1) is 7.19. The number of hydrogen-bond acceptors (Lipinski definition) is 3. The Morgan fingerprint density at radius 1 is 1.33 bits per heavy atom. The highest BCUT2D eigenvalue weighted by Crippen LogP contribution is 2.18.